The molecule has 0 aromatic heterocycles. The summed E-state index contributed by atoms with van der Waals surface area (Å²) in [5.41, 5.74) is 1.10. The molecule has 7 heteroatoms. The van der Waals surface area contributed by atoms with Gasteiger partial charge in [-0.3, -0.25) is 9.59 Å². The van der Waals surface area contributed by atoms with Crippen LogP contribution in [0.3, 0.4) is 0 Å². The summed E-state index contributed by atoms with van der Waals surface area (Å²) in [6, 6.07) is 4.98. The second-order valence-corrected chi connectivity index (χ2v) is 5.96. The molecule has 1 fully saturated rings. The molecule has 1 saturated heterocycles. The molecule has 1 atom stereocenters. The Hall–Kier alpha value is -2.12. The van der Waals surface area contributed by atoms with Crippen molar-refractivity contribution >= 4 is 17.5 Å². The van der Waals surface area contributed by atoms with Gasteiger partial charge in [0.1, 0.15) is 5.75 Å². The first-order valence-corrected chi connectivity index (χ1v) is 8.23. The summed E-state index contributed by atoms with van der Waals surface area (Å²) >= 11 is 0. The average Bonchev–Trinajstić information content (AvgIpc) is 3.10. The summed E-state index contributed by atoms with van der Waals surface area (Å²) < 4.78 is 16.2. The number of hydrogen-bond acceptors (Lipinski definition) is 5. The van der Waals surface area contributed by atoms with Gasteiger partial charge in [-0.1, -0.05) is 0 Å². The van der Waals surface area contributed by atoms with Crippen LogP contribution in [0.4, 0.5) is 5.69 Å². The van der Waals surface area contributed by atoms with Gasteiger partial charge in [0, 0.05) is 31.2 Å². The maximum atomic E-state index is 12.1. The van der Waals surface area contributed by atoms with Crippen LogP contribution in [0.15, 0.2) is 18.2 Å². The van der Waals surface area contributed by atoms with Crippen molar-refractivity contribution in [2.75, 3.05) is 44.9 Å². The third-order valence-electron chi connectivity index (χ3n) is 4.01. The van der Waals surface area contributed by atoms with Gasteiger partial charge in [0.2, 0.25) is 0 Å². The van der Waals surface area contributed by atoms with Crippen LogP contribution in [0, 0.1) is 5.92 Å². The SMILES string of the molecule is O=C1COc2cc(C(=O)NCCCOC[C@@H]3CCOC3)ccc2N1. The summed E-state index contributed by atoms with van der Waals surface area (Å²) in [5.74, 6) is 0.673. The van der Waals surface area contributed by atoms with Crippen molar-refractivity contribution in [1.29, 1.82) is 0 Å². The first-order valence-electron chi connectivity index (χ1n) is 8.23. The molecule has 2 aliphatic heterocycles. The smallest absolute Gasteiger partial charge is 0.262 e. The van der Waals surface area contributed by atoms with E-state index in [1.54, 1.807) is 18.2 Å². The van der Waals surface area contributed by atoms with Gasteiger partial charge < -0.3 is 24.8 Å². The Labute approximate surface area is 140 Å². The minimum atomic E-state index is -0.191. The summed E-state index contributed by atoms with van der Waals surface area (Å²) in [7, 11) is 0. The zero-order valence-corrected chi connectivity index (χ0v) is 13.5. The van der Waals surface area contributed by atoms with Crippen LogP contribution in [-0.2, 0) is 14.3 Å². The van der Waals surface area contributed by atoms with Crippen LogP contribution in [-0.4, -0.2) is 51.4 Å². The molecule has 1 aromatic carbocycles. The van der Waals surface area contributed by atoms with Crippen molar-refractivity contribution in [2.45, 2.75) is 12.8 Å². The fraction of sp³-hybridized carbons (Fsp3) is 0.529. The van der Waals surface area contributed by atoms with E-state index in [2.05, 4.69) is 10.6 Å². The number of carbonyl (C=O) groups is 2. The third-order valence-corrected chi connectivity index (χ3v) is 4.01. The fourth-order valence-corrected chi connectivity index (χ4v) is 2.66. The molecule has 1 aromatic rings. The van der Waals surface area contributed by atoms with Crippen LogP contribution in [0.1, 0.15) is 23.2 Å². The molecule has 0 aliphatic carbocycles. The van der Waals surface area contributed by atoms with Crippen LogP contribution in [0.2, 0.25) is 0 Å². The predicted octanol–water partition coefficient (Wildman–Crippen LogP) is 1.19. The van der Waals surface area contributed by atoms with Crippen molar-refractivity contribution in [3.05, 3.63) is 23.8 Å². The van der Waals surface area contributed by atoms with E-state index in [0.29, 0.717) is 36.1 Å². The Balaban J connectivity index is 1.36. The summed E-state index contributed by atoms with van der Waals surface area (Å²) in [5, 5.41) is 5.55. The van der Waals surface area contributed by atoms with E-state index in [9.17, 15) is 9.59 Å². The van der Waals surface area contributed by atoms with E-state index in [1.165, 1.54) is 0 Å². The van der Waals surface area contributed by atoms with Crippen molar-refractivity contribution in [1.82, 2.24) is 5.32 Å². The molecule has 7 nitrogen and oxygen atoms in total. The topological polar surface area (TPSA) is 85.9 Å². The maximum Gasteiger partial charge on any atom is 0.262 e. The molecule has 2 N–H and O–H groups in total. The molecular weight excluding hydrogens is 312 g/mol. The number of rotatable bonds is 7. The largest absolute Gasteiger partial charge is 0.482 e. The van der Waals surface area contributed by atoms with Gasteiger partial charge in [0.25, 0.3) is 11.8 Å². The van der Waals surface area contributed by atoms with Crippen LogP contribution < -0.4 is 15.4 Å². The van der Waals surface area contributed by atoms with Gasteiger partial charge in [-0.05, 0) is 31.0 Å². The lowest BCUT2D eigenvalue weighted by Gasteiger charge is -2.18. The Kier molecular flexibility index (Phi) is 5.66. The van der Waals surface area contributed by atoms with Crippen LogP contribution in [0.5, 0.6) is 5.75 Å². The quantitative estimate of drug-likeness (QED) is 0.732. The number of fused-ring (bicyclic) bond motifs is 1. The lowest BCUT2D eigenvalue weighted by atomic mass is 10.1. The fourth-order valence-electron chi connectivity index (χ4n) is 2.66. The summed E-state index contributed by atoms with van der Waals surface area (Å²) in [4.78, 5) is 23.3. The molecule has 2 amide bonds. The van der Waals surface area contributed by atoms with E-state index in [1.807, 2.05) is 0 Å². The number of anilines is 1. The highest BCUT2D eigenvalue weighted by atomic mass is 16.5. The second-order valence-electron chi connectivity index (χ2n) is 5.96. The predicted molar refractivity (Wildman–Crippen MR) is 87.3 cm³/mol. The number of hydrogen-bond donors (Lipinski definition) is 2. The van der Waals surface area contributed by atoms with E-state index < -0.39 is 0 Å². The first kappa shape index (κ1) is 16.7. The minimum Gasteiger partial charge on any atom is -0.482 e. The molecule has 2 aliphatic rings. The monoisotopic (exact) mass is 334 g/mol. The molecule has 2 heterocycles. The van der Waals surface area contributed by atoms with Crippen molar-refractivity contribution in [3.8, 4) is 5.75 Å². The van der Waals surface area contributed by atoms with E-state index in [0.717, 1.165) is 32.7 Å². The summed E-state index contributed by atoms with van der Waals surface area (Å²) in [6.07, 6.45) is 1.83. The van der Waals surface area contributed by atoms with Gasteiger partial charge in [-0.15, -0.1) is 0 Å². The van der Waals surface area contributed by atoms with Gasteiger partial charge in [-0.25, -0.2) is 0 Å². The molecule has 24 heavy (non-hydrogen) atoms. The Morgan fingerprint density at radius 1 is 1.42 bits per heavy atom. The lowest BCUT2D eigenvalue weighted by Crippen LogP contribution is -2.27. The standard InChI is InChI=1S/C17H22N2O5/c20-16-11-24-15-8-13(2-3-14(15)19-16)17(21)18-5-1-6-22-9-12-4-7-23-10-12/h2-3,8,12H,1,4-7,9-11H2,(H,18,21)(H,19,20)/t12-/m0/s1. The van der Waals surface area contributed by atoms with Gasteiger partial charge >= 0.3 is 0 Å². The molecule has 0 bridgehead atoms. The Morgan fingerprint density at radius 2 is 2.33 bits per heavy atom. The Morgan fingerprint density at radius 3 is 3.17 bits per heavy atom. The zero-order chi connectivity index (χ0) is 16.8. The Bertz CT molecular complexity index is 599. The number of amides is 2. The highest BCUT2D eigenvalue weighted by Gasteiger charge is 2.18. The number of benzene rings is 1. The van der Waals surface area contributed by atoms with Gasteiger partial charge in [0.05, 0.1) is 18.9 Å². The van der Waals surface area contributed by atoms with Gasteiger partial charge in [0.15, 0.2) is 6.61 Å². The van der Waals surface area contributed by atoms with Gasteiger partial charge in [-0.2, -0.15) is 0 Å². The molecule has 0 radical (unpaired) electrons. The normalized spacial score (nSPS) is 19.3. The van der Waals surface area contributed by atoms with E-state index >= 15 is 0 Å². The van der Waals surface area contributed by atoms with Crippen molar-refractivity contribution in [2.24, 2.45) is 5.92 Å². The number of carbonyl (C=O) groups excluding carboxylic acids is 2. The average molecular weight is 334 g/mol. The lowest BCUT2D eigenvalue weighted by molar-refractivity contribution is -0.118. The number of ether oxygens (including phenoxy) is 3. The summed E-state index contributed by atoms with van der Waals surface area (Å²) in [6.45, 7) is 3.49. The molecule has 3 rings (SSSR count). The molecule has 0 unspecified atom stereocenters. The van der Waals surface area contributed by atoms with Crippen LogP contribution >= 0.6 is 0 Å². The highest BCUT2D eigenvalue weighted by molar-refractivity contribution is 5.98. The molecule has 0 saturated carbocycles. The maximum absolute atomic E-state index is 12.1. The van der Waals surface area contributed by atoms with E-state index in [4.69, 9.17) is 14.2 Å². The first-order chi connectivity index (χ1) is 11.7. The minimum absolute atomic E-state index is 0.0263. The number of nitrogens with one attached hydrogen (secondary N) is 2. The third kappa shape index (κ3) is 4.46. The zero-order valence-electron chi connectivity index (χ0n) is 13.5. The van der Waals surface area contributed by atoms with Crippen LogP contribution in [0.25, 0.3) is 0 Å². The highest BCUT2D eigenvalue weighted by Crippen LogP contribution is 2.28. The second kappa shape index (κ2) is 8.12. The van der Waals surface area contributed by atoms with Crippen molar-refractivity contribution < 1.29 is 23.8 Å². The molecule has 130 valence electrons. The van der Waals surface area contributed by atoms with Crippen molar-refractivity contribution in [3.63, 3.8) is 0 Å². The van der Waals surface area contributed by atoms with E-state index in [-0.39, 0.29) is 18.4 Å². The molecule has 0 spiro atoms. The molecular formula is C17H22N2O5.